The summed E-state index contributed by atoms with van der Waals surface area (Å²) in [5, 5.41) is 0. The Hall–Kier alpha value is -1.64. The maximum absolute atomic E-state index is 12.0. The summed E-state index contributed by atoms with van der Waals surface area (Å²) in [6, 6.07) is 5.90. The molecule has 0 saturated heterocycles. The van der Waals surface area contributed by atoms with Gasteiger partial charge in [-0.15, -0.1) is 6.42 Å². The van der Waals surface area contributed by atoms with Gasteiger partial charge < -0.3 is 0 Å². The number of terminal acetylenes is 1. The SMILES string of the molecule is C#CCN(C)S(=O)(=O)c1cccc(C(C)=O)c1. The number of Topliss-reactive ketones (excluding diaryl/α,β-unsaturated/α-hetero) is 1. The molecule has 4 nitrogen and oxygen atoms in total. The van der Waals surface area contributed by atoms with Gasteiger partial charge in [-0.3, -0.25) is 4.79 Å². The molecule has 0 aliphatic heterocycles. The lowest BCUT2D eigenvalue weighted by molar-refractivity contribution is 0.101. The maximum atomic E-state index is 12.0. The largest absolute Gasteiger partial charge is 0.295 e. The number of rotatable bonds is 4. The molecule has 1 aromatic rings. The lowest BCUT2D eigenvalue weighted by atomic mass is 10.2. The summed E-state index contributed by atoms with van der Waals surface area (Å²) in [6.07, 6.45) is 5.07. The molecular weight excluding hydrogens is 238 g/mol. The average Bonchev–Trinajstić information content (AvgIpc) is 2.29. The van der Waals surface area contributed by atoms with Crippen molar-refractivity contribution in [1.82, 2.24) is 4.31 Å². The molecule has 0 aromatic heterocycles. The average molecular weight is 251 g/mol. The predicted molar refractivity (Wildman–Crippen MR) is 65.1 cm³/mol. The fourth-order valence-corrected chi connectivity index (χ4v) is 2.40. The second-order valence-electron chi connectivity index (χ2n) is 3.55. The Labute approximate surface area is 101 Å². The Morgan fingerprint density at radius 2 is 2.12 bits per heavy atom. The van der Waals surface area contributed by atoms with E-state index in [1.54, 1.807) is 6.07 Å². The lowest BCUT2D eigenvalue weighted by Crippen LogP contribution is -2.27. The van der Waals surface area contributed by atoms with Crippen molar-refractivity contribution in [1.29, 1.82) is 0 Å². The fraction of sp³-hybridized carbons (Fsp3) is 0.250. The summed E-state index contributed by atoms with van der Waals surface area (Å²) in [7, 11) is -2.22. The van der Waals surface area contributed by atoms with Gasteiger partial charge in [-0.1, -0.05) is 18.1 Å². The van der Waals surface area contributed by atoms with E-state index in [0.717, 1.165) is 4.31 Å². The number of ketones is 1. The summed E-state index contributed by atoms with van der Waals surface area (Å²) in [5.41, 5.74) is 0.361. The number of benzene rings is 1. The molecule has 0 atom stereocenters. The molecule has 1 aromatic carbocycles. The van der Waals surface area contributed by atoms with E-state index in [1.807, 2.05) is 0 Å². The van der Waals surface area contributed by atoms with E-state index in [4.69, 9.17) is 6.42 Å². The predicted octanol–water partition coefficient (Wildman–Crippen LogP) is 1.14. The molecule has 0 aliphatic rings. The lowest BCUT2D eigenvalue weighted by Gasteiger charge is -2.14. The van der Waals surface area contributed by atoms with E-state index >= 15 is 0 Å². The number of hydrogen-bond donors (Lipinski definition) is 0. The van der Waals surface area contributed by atoms with Crippen molar-refractivity contribution in [3.05, 3.63) is 29.8 Å². The van der Waals surface area contributed by atoms with Gasteiger partial charge >= 0.3 is 0 Å². The number of hydrogen-bond acceptors (Lipinski definition) is 3. The maximum Gasteiger partial charge on any atom is 0.243 e. The number of nitrogens with zero attached hydrogens (tertiary/aromatic N) is 1. The molecule has 0 amide bonds. The van der Waals surface area contributed by atoms with Crippen LogP contribution in [0.4, 0.5) is 0 Å². The van der Waals surface area contributed by atoms with Crippen LogP contribution < -0.4 is 0 Å². The molecular formula is C12H13NO3S. The van der Waals surface area contributed by atoms with Crippen molar-refractivity contribution < 1.29 is 13.2 Å². The third-order valence-corrected chi connectivity index (χ3v) is 4.06. The summed E-state index contributed by atoms with van der Waals surface area (Å²) in [4.78, 5) is 11.3. The van der Waals surface area contributed by atoms with Crippen molar-refractivity contribution in [3.8, 4) is 12.3 Å². The summed E-state index contributed by atoms with van der Waals surface area (Å²) >= 11 is 0. The van der Waals surface area contributed by atoms with E-state index < -0.39 is 10.0 Å². The minimum Gasteiger partial charge on any atom is -0.295 e. The highest BCUT2D eigenvalue weighted by Gasteiger charge is 2.20. The van der Waals surface area contributed by atoms with Crippen molar-refractivity contribution in [2.24, 2.45) is 0 Å². The molecule has 5 heteroatoms. The normalized spacial score (nSPS) is 11.2. The minimum absolute atomic E-state index is 0.00731. The van der Waals surface area contributed by atoms with Gasteiger partial charge in [0, 0.05) is 12.6 Å². The molecule has 0 heterocycles. The highest BCUT2D eigenvalue weighted by atomic mass is 32.2. The number of carbonyl (C=O) groups is 1. The molecule has 0 bridgehead atoms. The van der Waals surface area contributed by atoms with Crippen molar-refractivity contribution >= 4 is 15.8 Å². The van der Waals surface area contributed by atoms with Crippen LogP contribution in [0.2, 0.25) is 0 Å². The zero-order valence-corrected chi connectivity index (χ0v) is 10.5. The Kier molecular flexibility index (Phi) is 4.05. The van der Waals surface area contributed by atoms with Crippen molar-refractivity contribution in [2.45, 2.75) is 11.8 Å². The first-order chi connectivity index (χ1) is 7.89. The second-order valence-corrected chi connectivity index (χ2v) is 5.59. The number of carbonyl (C=O) groups excluding carboxylic acids is 1. The minimum atomic E-state index is -3.62. The van der Waals surface area contributed by atoms with Crippen LogP contribution in [0.3, 0.4) is 0 Å². The Bertz CT molecular complexity index is 570. The molecule has 0 N–H and O–H groups in total. The topological polar surface area (TPSA) is 54.5 Å². The van der Waals surface area contributed by atoms with Crippen LogP contribution in [-0.2, 0) is 10.0 Å². The third-order valence-electron chi connectivity index (χ3n) is 2.26. The van der Waals surface area contributed by atoms with Crippen LogP contribution in [0.1, 0.15) is 17.3 Å². The Balaban J connectivity index is 3.21. The Morgan fingerprint density at radius 3 is 2.65 bits per heavy atom. The standard InChI is InChI=1S/C12H13NO3S/c1-4-8-13(3)17(15,16)12-7-5-6-11(9-12)10(2)14/h1,5-7,9H,8H2,2-3H3. The second kappa shape index (κ2) is 5.13. The van der Waals surface area contributed by atoms with E-state index in [-0.39, 0.29) is 17.2 Å². The smallest absolute Gasteiger partial charge is 0.243 e. The van der Waals surface area contributed by atoms with Crippen LogP contribution in [-0.4, -0.2) is 32.1 Å². The van der Waals surface area contributed by atoms with Gasteiger partial charge in [-0.2, -0.15) is 4.31 Å². The first kappa shape index (κ1) is 13.4. The van der Waals surface area contributed by atoms with Gasteiger partial charge in [-0.05, 0) is 19.1 Å². The zero-order chi connectivity index (χ0) is 13.1. The molecule has 0 fully saturated rings. The zero-order valence-electron chi connectivity index (χ0n) is 9.67. The highest BCUT2D eigenvalue weighted by molar-refractivity contribution is 7.89. The van der Waals surface area contributed by atoms with Crippen LogP contribution in [0.25, 0.3) is 0 Å². The molecule has 0 spiro atoms. The van der Waals surface area contributed by atoms with Gasteiger partial charge in [0.1, 0.15) is 0 Å². The highest BCUT2D eigenvalue weighted by Crippen LogP contribution is 2.15. The Morgan fingerprint density at radius 1 is 1.47 bits per heavy atom. The van der Waals surface area contributed by atoms with Crippen LogP contribution in [0.15, 0.2) is 29.2 Å². The quantitative estimate of drug-likeness (QED) is 0.595. The van der Waals surface area contributed by atoms with Crippen LogP contribution in [0.5, 0.6) is 0 Å². The van der Waals surface area contributed by atoms with E-state index in [0.29, 0.717) is 5.56 Å². The first-order valence-corrected chi connectivity index (χ1v) is 6.34. The van der Waals surface area contributed by atoms with Gasteiger partial charge in [0.15, 0.2) is 5.78 Å². The third kappa shape index (κ3) is 2.93. The summed E-state index contributed by atoms with van der Waals surface area (Å²) in [5.74, 6) is 2.08. The van der Waals surface area contributed by atoms with Crippen LogP contribution in [0, 0.1) is 12.3 Å². The monoisotopic (exact) mass is 251 g/mol. The molecule has 0 unspecified atom stereocenters. The van der Waals surface area contributed by atoms with Crippen molar-refractivity contribution in [2.75, 3.05) is 13.6 Å². The van der Waals surface area contributed by atoms with Crippen LogP contribution >= 0.6 is 0 Å². The molecule has 17 heavy (non-hydrogen) atoms. The van der Waals surface area contributed by atoms with E-state index in [1.165, 1.54) is 32.2 Å². The molecule has 0 aliphatic carbocycles. The first-order valence-electron chi connectivity index (χ1n) is 4.90. The van der Waals surface area contributed by atoms with Gasteiger partial charge in [0.2, 0.25) is 10.0 Å². The summed E-state index contributed by atoms with van der Waals surface area (Å²) < 4.78 is 25.1. The van der Waals surface area contributed by atoms with E-state index in [2.05, 4.69) is 5.92 Å². The van der Waals surface area contributed by atoms with Gasteiger partial charge in [0.05, 0.1) is 11.4 Å². The molecule has 0 saturated carbocycles. The molecule has 1 rings (SSSR count). The van der Waals surface area contributed by atoms with E-state index in [9.17, 15) is 13.2 Å². The van der Waals surface area contributed by atoms with Gasteiger partial charge in [-0.25, -0.2) is 8.42 Å². The molecule has 90 valence electrons. The van der Waals surface area contributed by atoms with Gasteiger partial charge in [0.25, 0.3) is 0 Å². The number of sulfonamides is 1. The summed E-state index contributed by atoms with van der Waals surface area (Å²) in [6.45, 7) is 1.38. The van der Waals surface area contributed by atoms with Crippen molar-refractivity contribution in [3.63, 3.8) is 0 Å². The molecule has 0 radical (unpaired) electrons. The fourth-order valence-electron chi connectivity index (χ4n) is 1.27.